The fraction of sp³-hybridized carbons (Fsp3) is 0.938. The van der Waals surface area contributed by atoms with Gasteiger partial charge in [0.05, 0.1) is 6.04 Å². The van der Waals surface area contributed by atoms with Crippen LogP contribution >= 0.6 is 0 Å². The van der Waals surface area contributed by atoms with Gasteiger partial charge in [0, 0.05) is 6.54 Å². The molecule has 0 aromatic carbocycles. The molecule has 1 amide bonds. The van der Waals surface area contributed by atoms with Crippen molar-refractivity contribution in [3.63, 3.8) is 0 Å². The third-order valence-corrected chi connectivity index (χ3v) is 5.70. The SMILES string of the molecule is CC(C)CNC(=O)C(N)C1C2CC3CC(C2)CC1C3. The largest absolute Gasteiger partial charge is 0.354 e. The van der Waals surface area contributed by atoms with Crippen LogP contribution in [0.1, 0.15) is 46.0 Å². The van der Waals surface area contributed by atoms with Gasteiger partial charge >= 0.3 is 0 Å². The van der Waals surface area contributed by atoms with Crippen LogP contribution in [0.5, 0.6) is 0 Å². The summed E-state index contributed by atoms with van der Waals surface area (Å²) in [5.41, 5.74) is 6.32. The summed E-state index contributed by atoms with van der Waals surface area (Å²) in [5.74, 6) is 4.40. The molecule has 4 aliphatic carbocycles. The Morgan fingerprint density at radius 2 is 1.63 bits per heavy atom. The summed E-state index contributed by atoms with van der Waals surface area (Å²) in [5, 5.41) is 3.03. The summed E-state index contributed by atoms with van der Waals surface area (Å²) in [7, 11) is 0. The Bertz CT molecular complexity index is 325. The van der Waals surface area contributed by atoms with Crippen molar-refractivity contribution in [3.8, 4) is 0 Å². The first-order chi connectivity index (χ1) is 9.04. The van der Waals surface area contributed by atoms with Crippen LogP contribution in [-0.2, 0) is 4.79 Å². The first-order valence-corrected chi connectivity index (χ1v) is 8.08. The molecule has 4 bridgehead atoms. The van der Waals surface area contributed by atoms with Gasteiger partial charge in [-0.15, -0.1) is 0 Å². The van der Waals surface area contributed by atoms with Gasteiger partial charge in [-0.2, -0.15) is 0 Å². The fourth-order valence-corrected chi connectivity index (χ4v) is 5.15. The Morgan fingerprint density at radius 1 is 1.11 bits per heavy atom. The highest BCUT2D eigenvalue weighted by molar-refractivity contribution is 5.82. The lowest BCUT2D eigenvalue weighted by atomic mass is 9.50. The molecule has 3 nitrogen and oxygen atoms in total. The lowest BCUT2D eigenvalue weighted by molar-refractivity contribution is -0.128. The number of rotatable bonds is 4. The molecule has 0 aromatic rings. The molecule has 0 aromatic heterocycles. The molecule has 1 atom stereocenters. The quantitative estimate of drug-likeness (QED) is 0.817. The van der Waals surface area contributed by atoms with E-state index in [9.17, 15) is 4.79 Å². The van der Waals surface area contributed by atoms with E-state index in [-0.39, 0.29) is 11.9 Å². The number of carbonyl (C=O) groups is 1. The van der Waals surface area contributed by atoms with Crippen molar-refractivity contribution in [3.05, 3.63) is 0 Å². The van der Waals surface area contributed by atoms with Crippen LogP contribution < -0.4 is 11.1 Å². The van der Waals surface area contributed by atoms with E-state index in [0.29, 0.717) is 11.8 Å². The number of nitrogens with two attached hydrogens (primary N) is 1. The van der Waals surface area contributed by atoms with Crippen LogP contribution in [-0.4, -0.2) is 18.5 Å². The van der Waals surface area contributed by atoms with Crippen molar-refractivity contribution >= 4 is 5.91 Å². The van der Waals surface area contributed by atoms with Crippen LogP contribution in [0.25, 0.3) is 0 Å². The van der Waals surface area contributed by atoms with Crippen molar-refractivity contribution in [2.75, 3.05) is 6.54 Å². The smallest absolute Gasteiger partial charge is 0.237 e. The number of hydrogen-bond donors (Lipinski definition) is 2. The van der Waals surface area contributed by atoms with Gasteiger partial charge in [-0.1, -0.05) is 13.8 Å². The van der Waals surface area contributed by atoms with Crippen LogP contribution in [0.3, 0.4) is 0 Å². The standard InChI is InChI=1S/C16H28N2O/c1-9(2)8-18-16(19)15(17)14-12-4-10-3-11(6-12)7-13(14)5-10/h9-15H,3-8,17H2,1-2H3,(H,18,19). The molecule has 4 saturated carbocycles. The summed E-state index contributed by atoms with van der Waals surface area (Å²) in [6, 6.07) is -0.270. The molecule has 0 aliphatic heterocycles. The molecule has 19 heavy (non-hydrogen) atoms. The van der Waals surface area contributed by atoms with Crippen molar-refractivity contribution in [2.24, 2.45) is 41.2 Å². The molecule has 3 heteroatoms. The Hall–Kier alpha value is -0.570. The highest BCUT2D eigenvalue weighted by Gasteiger charge is 2.51. The van der Waals surface area contributed by atoms with Gasteiger partial charge in [0.25, 0.3) is 0 Å². The minimum Gasteiger partial charge on any atom is -0.354 e. The highest BCUT2D eigenvalue weighted by atomic mass is 16.2. The molecular formula is C16H28N2O. The highest BCUT2D eigenvalue weighted by Crippen LogP contribution is 2.57. The molecule has 3 N–H and O–H groups in total. The second-order valence-electron chi connectivity index (χ2n) is 7.67. The Labute approximate surface area is 116 Å². The third-order valence-electron chi connectivity index (χ3n) is 5.70. The summed E-state index contributed by atoms with van der Waals surface area (Å²) >= 11 is 0. The molecule has 0 heterocycles. The van der Waals surface area contributed by atoms with E-state index in [0.717, 1.165) is 30.2 Å². The lowest BCUT2D eigenvalue weighted by Crippen LogP contribution is -2.56. The zero-order valence-electron chi connectivity index (χ0n) is 12.3. The van der Waals surface area contributed by atoms with Gasteiger partial charge in [0.2, 0.25) is 5.91 Å². The third kappa shape index (κ3) is 2.54. The molecule has 4 aliphatic rings. The maximum absolute atomic E-state index is 12.2. The van der Waals surface area contributed by atoms with Crippen LogP contribution in [0.15, 0.2) is 0 Å². The first-order valence-electron chi connectivity index (χ1n) is 8.08. The van der Waals surface area contributed by atoms with Crippen molar-refractivity contribution < 1.29 is 4.79 Å². The van der Waals surface area contributed by atoms with Crippen LogP contribution in [0.4, 0.5) is 0 Å². The number of amides is 1. The number of hydrogen-bond acceptors (Lipinski definition) is 2. The summed E-state index contributed by atoms with van der Waals surface area (Å²) in [4.78, 5) is 12.2. The lowest BCUT2D eigenvalue weighted by Gasteiger charge is -2.55. The van der Waals surface area contributed by atoms with E-state index in [1.807, 2.05) is 0 Å². The average molecular weight is 264 g/mol. The van der Waals surface area contributed by atoms with Crippen LogP contribution in [0.2, 0.25) is 0 Å². The van der Waals surface area contributed by atoms with Gasteiger partial charge < -0.3 is 11.1 Å². The predicted molar refractivity (Wildman–Crippen MR) is 76.4 cm³/mol. The van der Waals surface area contributed by atoms with E-state index < -0.39 is 0 Å². The second-order valence-corrected chi connectivity index (χ2v) is 7.67. The number of carbonyl (C=O) groups excluding carboxylic acids is 1. The molecule has 0 spiro atoms. The van der Waals surface area contributed by atoms with E-state index in [1.54, 1.807) is 0 Å². The summed E-state index contributed by atoms with van der Waals surface area (Å²) in [6.45, 7) is 4.99. The molecule has 0 radical (unpaired) electrons. The normalized spacial score (nSPS) is 41.6. The van der Waals surface area contributed by atoms with E-state index in [4.69, 9.17) is 5.73 Å². The summed E-state index contributed by atoms with van der Waals surface area (Å²) < 4.78 is 0. The Morgan fingerprint density at radius 3 is 2.11 bits per heavy atom. The van der Waals surface area contributed by atoms with Crippen molar-refractivity contribution in [2.45, 2.75) is 52.0 Å². The van der Waals surface area contributed by atoms with E-state index >= 15 is 0 Å². The Balaban J connectivity index is 1.63. The zero-order valence-corrected chi connectivity index (χ0v) is 12.3. The minimum atomic E-state index is -0.270. The number of nitrogens with one attached hydrogen (secondary N) is 1. The van der Waals surface area contributed by atoms with Crippen molar-refractivity contribution in [1.82, 2.24) is 5.32 Å². The van der Waals surface area contributed by atoms with Gasteiger partial charge in [-0.3, -0.25) is 4.79 Å². The van der Waals surface area contributed by atoms with Gasteiger partial charge in [-0.05, 0) is 67.6 Å². The molecule has 4 fully saturated rings. The minimum absolute atomic E-state index is 0.0890. The molecule has 1 unspecified atom stereocenters. The van der Waals surface area contributed by atoms with Gasteiger partial charge in [-0.25, -0.2) is 0 Å². The molecule has 0 saturated heterocycles. The zero-order chi connectivity index (χ0) is 13.6. The summed E-state index contributed by atoms with van der Waals surface area (Å²) in [6.07, 6.45) is 6.80. The average Bonchev–Trinajstić information content (AvgIpc) is 2.34. The molecule has 4 rings (SSSR count). The van der Waals surface area contributed by atoms with Crippen molar-refractivity contribution in [1.29, 1.82) is 0 Å². The van der Waals surface area contributed by atoms with E-state index in [1.165, 1.54) is 32.1 Å². The predicted octanol–water partition coefficient (Wildman–Crippen LogP) is 2.16. The molecule has 108 valence electrons. The van der Waals surface area contributed by atoms with Gasteiger partial charge in [0.1, 0.15) is 0 Å². The maximum Gasteiger partial charge on any atom is 0.237 e. The fourth-order valence-electron chi connectivity index (χ4n) is 5.15. The second kappa shape index (κ2) is 5.08. The Kier molecular flexibility index (Phi) is 3.59. The topological polar surface area (TPSA) is 55.1 Å². The first kappa shape index (κ1) is 13.4. The monoisotopic (exact) mass is 264 g/mol. The van der Waals surface area contributed by atoms with E-state index in [2.05, 4.69) is 19.2 Å². The van der Waals surface area contributed by atoms with Gasteiger partial charge in [0.15, 0.2) is 0 Å². The van der Waals surface area contributed by atoms with Crippen LogP contribution in [0, 0.1) is 35.5 Å². The maximum atomic E-state index is 12.2. The molecular weight excluding hydrogens is 236 g/mol.